The fourth-order valence-electron chi connectivity index (χ4n) is 3.18. The smallest absolute Gasteiger partial charge is 0.341 e. The molecule has 1 N–H and O–H groups in total. The lowest BCUT2D eigenvalue weighted by Gasteiger charge is -2.11. The molecule has 0 fully saturated rings. The summed E-state index contributed by atoms with van der Waals surface area (Å²) in [6.45, 7) is -0.109. The van der Waals surface area contributed by atoms with Crippen LogP contribution in [-0.4, -0.2) is 41.4 Å². The van der Waals surface area contributed by atoms with Crippen molar-refractivity contribution in [3.63, 3.8) is 0 Å². The van der Waals surface area contributed by atoms with Crippen LogP contribution in [0.4, 0.5) is 11.4 Å². The summed E-state index contributed by atoms with van der Waals surface area (Å²) < 4.78 is 21.1. The molecule has 12 heteroatoms. The van der Waals surface area contributed by atoms with Crippen molar-refractivity contribution < 1.29 is 33.5 Å². The fourth-order valence-corrected chi connectivity index (χ4v) is 3.96. The molecule has 35 heavy (non-hydrogen) atoms. The summed E-state index contributed by atoms with van der Waals surface area (Å²) in [6.07, 6.45) is 1.50. The second kappa shape index (κ2) is 10.7. The highest BCUT2D eigenvalue weighted by molar-refractivity contribution is 8.00. The number of benzene rings is 2. The number of hydrogen-bond acceptors (Lipinski definition) is 10. The SMILES string of the molecule is COc1ccc([N+](=O)[O-])cc1COC(=O)c1cccnc1SCC(=O)Nc1ccc2c(c1)OCO2. The van der Waals surface area contributed by atoms with Crippen LogP contribution in [0.15, 0.2) is 59.8 Å². The monoisotopic (exact) mass is 497 g/mol. The van der Waals surface area contributed by atoms with Crippen molar-refractivity contribution in [3.05, 3.63) is 76.0 Å². The van der Waals surface area contributed by atoms with Crippen LogP contribution in [0.3, 0.4) is 0 Å². The van der Waals surface area contributed by atoms with E-state index in [-0.39, 0.29) is 36.3 Å². The standard InChI is InChI=1S/C23H19N3O8S/c1-31-18-7-5-16(26(29)30)9-14(18)11-32-23(28)17-3-2-8-24-22(17)35-12-21(27)25-15-4-6-19-20(10-15)34-13-33-19/h2-10H,11-13H2,1H3,(H,25,27). The summed E-state index contributed by atoms with van der Waals surface area (Å²) in [7, 11) is 1.41. The first-order valence-electron chi connectivity index (χ1n) is 10.2. The number of carbonyl (C=O) groups excluding carboxylic acids is 2. The van der Waals surface area contributed by atoms with Gasteiger partial charge < -0.3 is 24.3 Å². The number of anilines is 1. The summed E-state index contributed by atoms with van der Waals surface area (Å²) in [5.41, 5.74) is 0.906. The highest BCUT2D eigenvalue weighted by Crippen LogP contribution is 2.34. The second-order valence-corrected chi connectivity index (χ2v) is 8.05. The number of nitro groups is 1. The summed E-state index contributed by atoms with van der Waals surface area (Å²) in [4.78, 5) is 39.8. The van der Waals surface area contributed by atoms with Gasteiger partial charge in [0.25, 0.3) is 5.69 Å². The van der Waals surface area contributed by atoms with Gasteiger partial charge in [0.1, 0.15) is 17.4 Å². The highest BCUT2D eigenvalue weighted by Gasteiger charge is 2.19. The van der Waals surface area contributed by atoms with E-state index in [1.807, 2.05) is 0 Å². The molecule has 0 radical (unpaired) electrons. The van der Waals surface area contributed by atoms with Crippen molar-refractivity contribution in [3.8, 4) is 17.2 Å². The van der Waals surface area contributed by atoms with Crippen LogP contribution >= 0.6 is 11.8 Å². The van der Waals surface area contributed by atoms with Crippen molar-refractivity contribution in [2.45, 2.75) is 11.6 Å². The van der Waals surface area contributed by atoms with Gasteiger partial charge in [-0.2, -0.15) is 0 Å². The van der Waals surface area contributed by atoms with Crippen LogP contribution in [-0.2, 0) is 16.1 Å². The third kappa shape index (κ3) is 5.79. The van der Waals surface area contributed by atoms with Gasteiger partial charge in [-0.25, -0.2) is 9.78 Å². The van der Waals surface area contributed by atoms with E-state index in [0.29, 0.717) is 33.5 Å². The maximum absolute atomic E-state index is 12.7. The van der Waals surface area contributed by atoms with Gasteiger partial charge in [0, 0.05) is 35.6 Å². The van der Waals surface area contributed by atoms with Gasteiger partial charge in [0.15, 0.2) is 11.5 Å². The van der Waals surface area contributed by atoms with Crippen molar-refractivity contribution in [2.75, 3.05) is 25.0 Å². The van der Waals surface area contributed by atoms with E-state index < -0.39 is 10.9 Å². The number of methoxy groups -OCH3 is 1. The summed E-state index contributed by atoms with van der Waals surface area (Å²) in [5, 5.41) is 14.1. The minimum atomic E-state index is -0.690. The van der Waals surface area contributed by atoms with Crippen molar-refractivity contribution in [2.24, 2.45) is 0 Å². The fraction of sp³-hybridized carbons (Fsp3) is 0.174. The first kappa shape index (κ1) is 23.8. The summed E-state index contributed by atoms with van der Waals surface area (Å²) >= 11 is 1.07. The number of ether oxygens (including phenoxy) is 4. The average molecular weight is 497 g/mol. The Morgan fingerprint density at radius 1 is 1.17 bits per heavy atom. The number of thioether (sulfide) groups is 1. The van der Waals surface area contributed by atoms with Crippen molar-refractivity contribution in [1.82, 2.24) is 4.98 Å². The Morgan fingerprint density at radius 2 is 2.00 bits per heavy atom. The van der Waals surface area contributed by atoms with E-state index in [1.165, 1.54) is 37.6 Å². The molecule has 0 saturated carbocycles. The van der Waals surface area contributed by atoms with Gasteiger partial charge in [-0.3, -0.25) is 14.9 Å². The Labute approximate surface area is 203 Å². The number of rotatable bonds is 9. The van der Waals surface area contributed by atoms with Gasteiger partial charge in [0.05, 0.1) is 23.3 Å². The lowest BCUT2D eigenvalue weighted by molar-refractivity contribution is -0.385. The molecule has 1 aromatic heterocycles. The molecule has 4 rings (SSSR count). The van der Waals surface area contributed by atoms with Crippen LogP contribution in [0.25, 0.3) is 0 Å². The largest absolute Gasteiger partial charge is 0.496 e. The number of nitro benzene ring substituents is 1. The van der Waals surface area contributed by atoms with E-state index in [0.717, 1.165) is 11.8 Å². The Balaban J connectivity index is 1.38. The van der Waals surface area contributed by atoms with E-state index in [9.17, 15) is 19.7 Å². The zero-order valence-corrected chi connectivity index (χ0v) is 19.2. The summed E-state index contributed by atoms with van der Waals surface area (Å²) in [5.74, 6) is 0.502. The number of carbonyl (C=O) groups is 2. The molecule has 0 aliphatic carbocycles. The minimum Gasteiger partial charge on any atom is -0.496 e. The molecule has 0 unspecified atom stereocenters. The van der Waals surface area contributed by atoms with Crippen molar-refractivity contribution in [1.29, 1.82) is 0 Å². The first-order chi connectivity index (χ1) is 16.9. The van der Waals surface area contributed by atoms with E-state index in [1.54, 1.807) is 24.3 Å². The zero-order chi connectivity index (χ0) is 24.8. The van der Waals surface area contributed by atoms with Crippen LogP contribution in [0, 0.1) is 10.1 Å². The van der Waals surface area contributed by atoms with Gasteiger partial charge in [-0.1, -0.05) is 11.8 Å². The lowest BCUT2D eigenvalue weighted by Crippen LogP contribution is -2.15. The van der Waals surface area contributed by atoms with Crippen molar-refractivity contribution >= 4 is 35.0 Å². The van der Waals surface area contributed by atoms with Crippen LogP contribution < -0.4 is 19.5 Å². The molecule has 0 bridgehead atoms. The van der Waals surface area contributed by atoms with E-state index in [4.69, 9.17) is 18.9 Å². The Hall–Kier alpha value is -4.32. The topological polar surface area (TPSA) is 139 Å². The number of nitrogens with one attached hydrogen (secondary N) is 1. The first-order valence-corrected chi connectivity index (χ1v) is 11.2. The third-order valence-electron chi connectivity index (χ3n) is 4.82. The molecule has 11 nitrogen and oxygen atoms in total. The maximum atomic E-state index is 12.7. The number of nitrogens with zero attached hydrogens (tertiary/aromatic N) is 2. The number of non-ortho nitro benzene ring substituents is 1. The average Bonchev–Trinajstić information content (AvgIpc) is 3.34. The molecular formula is C23H19N3O8S. The van der Waals surface area contributed by atoms with Crippen LogP contribution in [0.2, 0.25) is 0 Å². The molecule has 0 saturated heterocycles. The summed E-state index contributed by atoms with van der Waals surface area (Å²) in [6, 6.07) is 12.2. The molecule has 0 spiro atoms. The van der Waals surface area contributed by atoms with Crippen LogP contribution in [0.5, 0.6) is 17.2 Å². The number of aromatic nitrogens is 1. The molecule has 1 amide bonds. The molecule has 0 atom stereocenters. The molecule has 1 aliphatic rings. The zero-order valence-electron chi connectivity index (χ0n) is 18.4. The van der Waals surface area contributed by atoms with E-state index >= 15 is 0 Å². The highest BCUT2D eigenvalue weighted by atomic mass is 32.2. The number of hydrogen-bond donors (Lipinski definition) is 1. The quantitative estimate of drug-likeness (QED) is 0.201. The van der Waals surface area contributed by atoms with Gasteiger partial charge in [-0.05, 0) is 30.3 Å². The van der Waals surface area contributed by atoms with Crippen LogP contribution in [0.1, 0.15) is 15.9 Å². The van der Waals surface area contributed by atoms with Gasteiger partial charge in [-0.15, -0.1) is 0 Å². The number of esters is 1. The Morgan fingerprint density at radius 3 is 2.80 bits per heavy atom. The predicted octanol–water partition coefficient (Wildman–Crippen LogP) is 3.81. The molecule has 2 aromatic carbocycles. The predicted molar refractivity (Wildman–Crippen MR) is 125 cm³/mol. The van der Waals surface area contributed by atoms with E-state index in [2.05, 4.69) is 10.3 Å². The second-order valence-electron chi connectivity index (χ2n) is 7.09. The normalized spacial score (nSPS) is 11.6. The third-order valence-corrected chi connectivity index (χ3v) is 5.83. The maximum Gasteiger partial charge on any atom is 0.341 e. The van der Waals surface area contributed by atoms with Gasteiger partial charge >= 0.3 is 5.97 Å². The molecule has 2 heterocycles. The molecule has 3 aromatic rings. The number of pyridine rings is 1. The minimum absolute atomic E-state index is 0.00949. The Bertz CT molecular complexity index is 1280. The number of amides is 1. The van der Waals surface area contributed by atoms with Gasteiger partial charge in [0.2, 0.25) is 12.7 Å². The number of fused-ring (bicyclic) bond motifs is 1. The molecule has 180 valence electrons. The molecular weight excluding hydrogens is 478 g/mol. The lowest BCUT2D eigenvalue weighted by atomic mass is 10.2. The molecule has 1 aliphatic heterocycles. The Kier molecular flexibility index (Phi) is 7.31.